The van der Waals surface area contributed by atoms with Crippen LogP contribution in [0.25, 0.3) is 10.9 Å². The molecule has 0 aliphatic carbocycles. The fourth-order valence-corrected chi connectivity index (χ4v) is 5.99. The van der Waals surface area contributed by atoms with Gasteiger partial charge in [-0.1, -0.05) is 0 Å². The molecule has 1 aliphatic heterocycles. The molecule has 8 nitrogen and oxygen atoms in total. The minimum absolute atomic E-state index is 0.0874. The van der Waals surface area contributed by atoms with Crippen molar-refractivity contribution >= 4 is 28.6 Å². The van der Waals surface area contributed by atoms with Gasteiger partial charge in [0.25, 0.3) is 0 Å². The number of piperidine rings is 1. The molecular formula is C26H34N4O4S. The van der Waals surface area contributed by atoms with Gasteiger partial charge < -0.3 is 24.4 Å². The summed E-state index contributed by atoms with van der Waals surface area (Å²) in [6.07, 6.45) is 7.27. The lowest BCUT2D eigenvalue weighted by molar-refractivity contribution is -0.139. The van der Waals surface area contributed by atoms with Gasteiger partial charge >= 0.3 is 5.97 Å². The third-order valence-electron chi connectivity index (χ3n) is 6.99. The number of ether oxygens (including phenoxy) is 1. The average molecular weight is 499 g/mol. The van der Waals surface area contributed by atoms with Gasteiger partial charge in [-0.25, -0.2) is 4.98 Å². The van der Waals surface area contributed by atoms with Crippen LogP contribution in [0.5, 0.6) is 5.75 Å². The highest BCUT2D eigenvalue weighted by molar-refractivity contribution is 7.99. The van der Waals surface area contributed by atoms with Crippen LogP contribution in [0.4, 0.5) is 0 Å². The molecule has 2 N–H and O–H groups in total. The SMILES string of the molecule is COc1ccc2nccc(C(O)CC[C@@H]3CCN(CCSc4cncn4C)C[C@@H]3CC(=O)O)c2c1. The molecule has 4 rings (SSSR count). The van der Waals surface area contributed by atoms with E-state index in [0.717, 1.165) is 65.5 Å². The molecule has 3 aromatic rings. The molecule has 9 heteroatoms. The van der Waals surface area contributed by atoms with Crippen LogP contribution in [0.2, 0.25) is 0 Å². The number of fused-ring (bicyclic) bond motifs is 1. The number of pyridine rings is 1. The van der Waals surface area contributed by atoms with Crippen molar-refractivity contribution < 1.29 is 19.7 Å². The molecule has 0 amide bonds. The third-order valence-corrected chi connectivity index (χ3v) is 8.07. The van der Waals surface area contributed by atoms with E-state index in [1.54, 1.807) is 31.4 Å². The Bertz CT molecular complexity index is 1140. The van der Waals surface area contributed by atoms with Gasteiger partial charge in [-0.3, -0.25) is 9.78 Å². The smallest absolute Gasteiger partial charge is 0.303 e. The Hall–Kier alpha value is -2.62. The Labute approximate surface area is 210 Å². The molecule has 188 valence electrons. The summed E-state index contributed by atoms with van der Waals surface area (Å²) in [6, 6.07) is 7.54. The van der Waals surface area contributed by atoms with E-state index in [2.05, 4.69) is 14.9 Å². The minimum atomic E-state index is -0.751. The van der Waals surface area contributed by atoms with E-state index >= 15 is 0 Å². The van der Waals surface area contributed by atoms with E-state index in [-0.39, 0.29) is 18.3 Å². The molecule has 2 aromatic heterocycles. The number of hydrogen-bond acceptors (Lipinski definition) is 7. The van der Waals surface area contributed by atoms with Crippen LogP contribution in [-0.2, 0) is 11.8 Å². The third kappa shape index (κ3) is 6.54. The number of aliphatic hydroxyl groups excluding tert-OH is 1. The molecule has 0 bridgehead atoms. The van der Waals surface area contributed by atoms with Crippen LogP contribution in [0.1, 0.15) is 37.4 Å². The van der Waals surface area contributed by atoms with Crippen molar-refractivity contribution in [3.8, 4) is 5.75 Å². The highest BCUT2D eigenvalue weighted by Gasteiger charge is 2.31. The number of aromatic nitrogens is 3. The second-order valence-corrected chi connectivity index (χ2v) is 10.4. The van der Waals surface area contributed by atoms with Gasteiger partial charge in [0.15, 0.2) is 0 Å². The van der Waals surface area contributed by atoms with E-state index < -0.39 is 12.1 Å². The number of aliphatic hydroxyl groups is 1. The maximum absolute atomic E-state index is 11.6. The van der Waals surface area contributed by atoms with Gasteiger partial charge in [0.1, 0.15) is 5.75 Å². The Kier molecular flexibility index (Phi) is 8.64. The summed E-state index contributed by atoms with van der Waals surface area (Å²) in [6.45, 7) is 2.67. The van der Waals surface area contributed by atoms with E-state index in [0.29, 0.717) is 6.42 Å². The first-order chi connectivity index (χ1) is 16.9. The van der Waals surface area contributed by atoms with E-state index in [9.17, 15) is 15.0 Å². The van der Waals surface area contributed by atoms with E-state index in [1.165, 1.54) is 0 Å². The largest absolute Gasteiger partial charge is 0.497 e. The normalized spacial score (nSPS) is 19.6. The van der Waals surface area contributed by atoms with Crippen molar-refractivity contribution in [2.45, 2.75) is 36.8 Å². The van der Waals surface area contributed by atoms with Gasteiger partial charge in [-0.2, -0.15) is 0 Å². The molecule has 3 heterocycles. The fraction of sp³-hybridized carbons (Fsp3) is 0.500. The van der Waals surface area contributed by atoms with Crippen molar-refractivity contribution in [3.05, 3.63) is 48.5 Å². The predicted molar refractivity (Wildman–Crippen MR) is 137 cm³/mol. The summed E-state index contributed by atoms with van der Waals surface area (Å²) in [5.74, 6) is 1.29. The highest BCUT2D eigenvalue weighted by atomic mass is 32.2. The molecule has 0 radical (unpaired) electrons. The number of rotatable bonds is 11. The van der Waals surface area contributed by atoms with Crippen molar-refractivity contribution in [3.63, 3.8) is 0 Å². The number of carboxylic acids is 1. The van der Waals surface area contributed by atoms with Crippen LogP contribution >= 0.6 is 11.8 Å². The summed E-state index contributed by atoms with van der Waals surface area (Å²) in [4.78, 5) is 22.5. The number of benzene rings is 1. The molecule has 0 spiro atoms. The maximum atomic E-state index is 11.6. The minimum Gasteiger partial charge on any atom is -0.497 e. The van der Waals surface area contributed by atoms with Gasteiger partial charge in [0.2, 0.25) is 0 Å². The lowest BCUT2D eigenvalue weighted by Gasteiger charge is -2.38. The Morgan fingerprint density at radius 2 is 2.17 bits per heavy atom. The molecular weight excluding hydrogens is 464 g/mol. The van der Waals surface area contributed by atoms with Crippen LogP contribution in [0, 0.1) is 11.8 Å². The van der Waals surface area contributed by atoms with Crippen molar-refractivity contribution in [2.75, 3.05) is 32.5 Å². The van der Waals surface area contributed by atoms with Crippen LogP contribution in [-0.4, -0.2) is 68.1 Å². The second kappa shape index (κ2) is 11.9. The first-order valence-corrected chi connectivity index (χ1v) is 13.1. The molecule has 1 saturated heterocycles. The Morgan fingerprint density at radius 3 is 2.91 bits per heavy atom. The number of nitrogens with zero attached hydrogens (tertiary/aromatic N) is 4. The summed E-state index contributed by atoms with van der Waals surface area (Å²) >= 11 is 1.77. The number of carbonyl (C=O) groups is 1. The standard InChI is InChI=1S/C26H34N4O4S/c1-29-17-27-15-25(29)35-12-11-30-10-8-18(19(16-30)13-26(32)33)3-6-24(31)21-7-9-28-23-5-4-20(34-2)14-22(21)23/h4-5,7,9,14-15,17-19,24,31H,3,6,8,10-13,16H2,1-2H3,(H,32,33)/t18-,19+,24?/m1/s1. The number of imidazole rings is 1. The van der Waals surface area contributed by atoms with Crippen molar-refractivity contribution in [2.24, 2.45) is 18.9 Å². The monoisotopic (exact) mass is 498 g/mol. The van der Waals surface area contributed by atoms with Crippen molar-refractivity contribution in [1.82, 2.24) is 19.4 Å². The molecule has 3 atom stereocenters. The quantitative estimate of drug-likeness (QED) is 0.383. The average Bonchev–Trinajstić information content (AvgIpc) is 3.26. The molecule has 1 aliphatic rings. The molecule has 0 saturated carbocycles. The Balaban J connectivity index is 1.35. The number of aryl methyl sites for hydroxylation is 1. The summed E-state index contributed by atoms with van der Waals surface area (Å²) in [5.41, 5.74) is 1.66. The molecule has 35 heavy (non-hydrogen) atoms. The number of hydrogen-bond donors (Lipinski definition) is 2. The van der Waals surface area contributed by atoms with Gasteiger partial charge in [0.05, 0.1) is 36.3 Å². The van der Waals surface area contributed by atoms with Gasteiger partial charge in [0, 0.05) is 43.9 Å². The van der Waals surface area contributed by atoms with Crippen LogP contribution < -0.4 is 4.74 Å². The summed E-state index contributed by atoms with van der Waals surface area (Å²) in [5, 5.41) is 22.6. The molecule has 1 unspecified atom stereocenters. The zero-order valence-electron chi connectivity index (χ0n) is 20.3. The first-order valence-electron chi connectivity index (χ1n) is 12.1. The number of aliphatic carboxylic acids is 1. The number of likely N-dealkylation sites (tertiary alicyclic amines) is 1. The van der Waals surface area contributed by atoms with Gasteiger partial charge in [-0.05, 0) is 67.5 Å². The topological polar surface area (TPSA) is 101 Å². The lowest BCUT2D eigenvalue weighted by atomic mass is 9.79. The second-order valence-electron chi connectivity index (χ2n) is 9.27. The molecule has 1 aromatic carbocycles. The fourth-order valence-electron chi connectivity index (χ4n) is 5.05. The maximum Gasteiger partial charge on any atom is 0.303 e. The number of thioether (sulfide) groups is 1. The van der Waals surface area contributed by atoms with Crippen LogP contribution in [0.15, 0.2) is 48.0 Å². The molecule has 1 fully saturated rings. The van der Waals surface area contributed by atoms with Gasteiger partial charge in [-0.15, -0.1) is 11.8 Å². The van der Waals surface area contributed by atoms with Crippen LogP contribution in [0.3, 0.4) is 0 Å². The zero-order valence-corrected chi connectivity index (χ0v) is 21.2. The first kappa shape index (κ1) is 25.5. The van der Waals surface area contributed by atoms with Crippen molar-refractivity contribution in [1.29, 1.82) is 0 Å². The Morgan fingerprint density at radius 1 is 1.31 bits per heavy atom. The van der Waals surface area contributed by atoms with E-state index in [1.807, 2.05) is 42.1 Å². The lowest BCUT2D eigenvalue weighted by Crippen LogP contribution is -2.42. The number of methoxy groups -OCH3 is 1. The highest BCUT2D eigenvalue weighted by Crippen LogP contribution is 2.35. The number of carboxylic acid groups (broad SMARTS) is 1. The predicted octanol–water partition coefficient (Wildman–Crippen LogP) is 4.00. The summed E-state index contributed by atoms with van der Waals surface area (Å²) in [7, 11) is 3.61. The zero-order chi connectivity index (χ0) is 24.8. The summed E-state index contributed by atoms with van der Waals surface area (Å²) < 4.78 is 7.36. The van der Waals surface area contributed by atoms with E-state index in [4.69, 9.17) is 4.74 Å².